The van der Waals surface area contributed by atoms with Crippen molar-refractivity contribution in [3.05, 3.63) is 82.5 Å². The van der Waals surface area contributed by atoms with Crippen LogP contribution < -0.4 is 4.74 Å². The number of allylic oxidation sites excluding steroid dienone is 1. The molecule has 0 aliphatic carbocycles. The van der Waals surface area contributed by atoms with E-state index in [4.69, 9.17) is 4.74 Å². The second-order valence-electron chi connectivity index (χ2n) is 9.63. The fraction of sp³-hybridized carbons (Fsp3) is 0.370. The molecule has 2 unspecified atom stereocenters. The van der Waals surface area contributed by atoms with Crippen LogP contribution in [0, 0.1) is 12.7 Å². The molecule has 0 radical (unpaired) electrons. The van der Waals surface area contributed by atoms with Gasteiger partial charge in [0.15, 0.2) is 0 Å². The summed E-state index contributed by atoms with van der Waals surface area (Å²) in [6.07, 6.45) is 9.15. The lowest BCUT2D eigenvalue weighted by Gasteiger charge is -2.51. The summed E-state index contributed by atoms with van der Waals surface area (Å²) in [6, 6.07) is 11.9. The Bertz CT molecular complexity index is 1380. The predicted octanol–water partition coefficient (Wildman–Crippen LogP) is 5.56. The van der Waals surface area contributed by atoms with Crippen molar-refractivity contribution >= 4 is 16.1 Å². The molecule has 2 atom stereocenters. The van der Waals surface area contributed by atoms with Crippen molar-refractivity contribution in [1.29, 1.82) is 0 Å². The molecule has 2 saturated heterocycles. The summed E-state index contributed by atoms with van der Waals surface area (Å²) in [6.45, 7) is 3.89. The number of imidazole rings is 1. The number of sulfonamides is 1. The fourth-order valence-corrected chi connectivity index (χ4v) is 7.81. The second-order valence-corrected chi connectivity index (χ2v) is 11.5. The number of ether oxygens (including phenoxy) is 1. The van der Waals surface area contributed by atoms with E-state index >= 15 is 0 Å². The molecular formula is C27H30FN3O3S. The van der Waals surface area contributed by atoms with Gasteiger partial charge in [-0.15, -0.1) is 0 Å². The van der Waals surface area contributed by atoms with Crippen LogP contribution in [-0.4, -0.2) is 35.4 Å². The largest absolute Gasteiger partial charge is 0.495 e. The average molecular weight is 496 g/mol. The standard InChI is InChI=1S/C27H30FN3O3S/c1-19-17-30(18-29-19)25-13-6-20(16-26(25)34-3)15-24-12-11-23-5-4-14-27(2,31(23)35(24,32)33)21-7-9-22(28)10-8-21/h6-10,13,15-18,23H,4-5,11-12,14H2,1-3H3/b24-15+. The highest BCUT2D eigenvalue weighted by Crippen LogP contribution is 2.48. The highest BCUT2D eigenvalue weighted by atomic mass is 32.2. The number of methoxy groups -OCH3 is 1. The van der Waals surface area contributed by atoms with Gasteiger partial charge in [0, 0.05) is 12.2 Å². The van der Waals surface area contributed by atoms with Crippen LogP contribution in [0.2, 0.25) is 0 Å². The highest BCUT2D eigenvalue weighted by Gasteiger charge is 2.50. The van der Waals surface area contributed by atoms with Crippen LogP contribution in [0.3, 0.4) is 0 Å². The lowest BCUT2D eigenvalue weighted by molar-refractivity contribution is 0.0850. The first-order chi connectivity index (χ1) is 16.7. The Morgan fingerprint density at radius 2 is 1.94 bits per heavy atom. The molecule has 0 saturated carbocycles. The Labute approximate surface area is 206 Å². The van der Waals surface area contributed by atoms with E-state index in [1.165, 1.54) is 12.1 Å². The topological polar surface area (TPSA) is 64.4 Å². The van der Waals surface area contributed by atoms with Crippen molar-refractivity contribution in [2.75, 3.05) is 7.11 Å². The van der Waals surface area contributed by atoms with E-state index in [-0.39, 0.29) is 11.9 Å². The van der Waals surface area contributed by atoms with E-state index in [0.29, 0.717) is 23.5 Å². The van der Waals surface area contributed by atoms with Crippen molar-refractivity contribution in [2.24, 2.45) is 0 Å². The lowest BCUT2D eigenvalue weighted by atomic mass is 9.80. The van der Waals surface area contributed by atoms with Gasteiger partial charge < -0.3 is 9.30 Å². The molecule has 3 aromatic rings. The molecule has 0 N–H and O–H groups in total. The monoisotopic (exact) mass is 495 g/mol. The van der Waals surface area contributed by atoms with Crippen LogP contribution in [0.25, 0.3) is 11.8 Å². The number of aryl methyl sites for hydroxylation is 1. The first-order valence-corrected chi connectivity index (χ1v) is 13.4. The molecule has 35 heavy (non-hydrogen) atoms. The van der Waals surface area contributed by atoms with E-state index in [1.807, 2.05) is 42.8 Å². The zero-order chi connectivity index (χ0) is 24.8. The minimum atomic E-state index is -3.72. The first-order valence-electron chi connectivity index (χ1n) is 11.9. The van der Waals surface area contributed by atoms with Crippen molar-refractivity contribution in [1.82, 2.24) is 13.9 Å². The third-order valence-corrected chi connectivity index (χ3v) is 9.52. The van der Waals surface area contributed by atoms with Gasteiger partial charge in [-0.1, -0.05) is 18.2 Å². The van der Waals surface area contributed by atoms with Crippen LogP contribution in [0.15, 0.2) is 59.9 Å². The summed E-state index contributed by atoms with van der Waals surface area (Å²) in [5.74, 6) is 0.312. The Balaban J connectivity index is 1.53. The fourth-order valence-electron chi connectivity index (χ4n) is 5.56. The molecule has 6 nitrogen and oxygen atoms in total. The van der Waals surface area contributed by atoms with E-state index in [2.05, 4.69) is 4.98 Å². The van der Waals surface area contributed by atoms with Gasteiger partial charge in [0.2, 0.25) is 10.0 Å². The van der Waals surface area contributed by atoms with Gasteiger partial charge in [-0.2, -0.15) is 4.31 Å². The van der Waals surface area contributed by atoms with Gasteiger partial charge in [0.25, 0.3) is 0 Å². The van der Waals surface area contributed by atoms with Crippen LogP contribution >= 0.6 is 0 Å². The minimum Gasteiger partial charge on any atom is -0.495 e. The molecule has 0 bridgehead atoms. The summed E-state index contributed by atoms with van der Waals surface area (Å²) in [5.41, 5.74) is 2.61. The SMILES string of the molecule is COc1cc(/C=C2\CCC3CCCC(C)(c4ccc(F)cc4)N3S2(=O)=O)ccc1-n1cnc(C)c1. The van der Waals surface area contributed by atoms with Crippen LogP contribution in [0.5, 0.6) is 5.75 Å². The van der Waals surface area contributed by atoms with Gasteiger partial charge in [0.05, 0.1) is 35.3 Å². The molecule has 8 heteroatoms. The molecule has 2 aliphatic heterocycles. The number of halogens is 1. The normalized spacial score (nSPS) is 25.4. The lowest BCUT2D eigenvalue weighted by Crippen LogP contribution is -2.57. The molecule has 2 aliphatic rings. The molecule has 0 amide bonds. The number of hydrogen-bond donors (Lipinski definition) is 0. The van der Waals surface area contributed by atoms with Gasteiger partial charge in [-0.3, -0.25) is 0 Å². The van der Waals surface area contributed by atoms with E-state index in [1.54, 1.807) is 36.0 Å². The van der Waals surface area contributed by atoms with Gasteiger partial charge >= 0.3 is 0 Å². The molecule has 2 fully saturated rings. The number of hydrogen-bond acceptors (Lipinski definition) is 4. The molecular weight excluding hydrogens is 465 g/mol. The quantitative estimate of drug-likeness (QED) is 0.475. The van der Waals surface area contributed by atoms with Gasteiger partial charge in [-0.25, -0.2) is 17.8 Å². The molecule has 3 heterocycles. The third kappa shape index (κ3) is 4.19. The maximum Gasteiger partial charge on any atom is 0.240 e. The maximum atomic E-state index is 14.0. The first kappa shape index (κ1) is 23.8. The van der Waals surface area contributed by atoms with Crippen LogP contribution in [0.1, 0.15) is 55.8 Å². The highest BCUT2D eigenvalue weighted by molar-refractivity contribution is 7.93. The summed E-state index contributed by atoms with van der Waals surface area (Å²) in [7, 11) is -2.12. The second kappa shape index (κ2) is 8.91. The van der Waals surface area contributed by atoms with Gasteiger partial charge in [-0.05, 0) is 87.4 Å². The summed E-state index contributed by atoms with van der Waals surface area (Å²) < 4.78 is 50.8. The van der Waals surface area contributed by atoms with Crippen molar-refractivity contribution in [2.45, 2.75) is 57.5 Å². The number of piperidine rings is 1. The molecule has 0 spiro atoms. The van der Waals surface area contributed by atoms with Crippen molar-refractivity contribution < 1.29 is 17.5 Å². The number of benzene rings is 2. The Hall–Kier alpha value is -2.97. The summed E-state index contributed by atoms with van der Waals surface area (Å²) in [5, 5.41) is 0. The number of aromatic nitrogens is 2. The third-order valence-electron chi connectivity index (χ3n) is 7.32. The van der Waals surface area contributed by atoms with Gasteiger partial charge in [0.1, 0.15) is 11.6 Å². The number of fused-ring (bicyclic) bond motifs is 1. The average Bonchev–Trinajstić information content (AvgIpc) is 3.27. The Kier molecular flexibility index (Phi) is 6.05. The minimum absolute atomic E-state index is 0.0534. The molecule has 184 valence electrons. The van der Waals surface area contributed by atoms with Crippen LogP contribution in [0.4, 0.5) is 4.39 Å². The number of nitrogens with zero attached hydrogens (tertiary/aromatic N) is 3. The molecule has 1 aromatic heterocycles. The molecule has 2 aromatic carbocycles. The number of rotatable bonds is 4. The smallest absolute Gasteiger partial charge is 0.240 e. The van der Waals surface area contributed by atoms with E-state index in [9.17, 15) is 12.8 Å². The Morgan fingerprint density at radius 1 is 1.17 bits per heavy atom. The summed E-state index contributed by atoms with van der Waals surface area (Å²) >= 11 is 0. The maximum absolute atomic E-state index is 14.0. The van der Waals surface area contributed by atoms with Crippen LogP contribution in [-0.2, 0) is 15.6 Å². The predicted molar refractivity (Wildman–Crippen MR) is 134 cm³/mol. The Morgan fingerprint density at radius 3 is 2.63 bits per heavy atom. The van der Waals surface area contributed by atoms with E-state index in [0.717, 1.165) is 41.8 Å². The zero-order valence-electron chi connectivity index (χ0n) is 20.2. The van der Waals surface area contributed by atoms with E-state index < -0.39 is 15.6 Å². The molecule has 5 rings (SSSR count). The zero-order valence-corrected chi connectivity index (χ0v) is 21.1. The summed E-state index contributed by atoms with van der Waals surface area (Å²) in [4.78, 5) is 4.68. The van der Waals surface area contributed by atoms with Crippen molar-refractivity contribution in [3.63, 3.8) is 0 Å². The van der Waals surface area contributed by atoms with Crippen molar-refractivity contribution in [3.8, 4) is 11.4 Å².